The molecule has 0 N–H and O–H groups in total. The fourth-order valence-corrected chi connectivity index (χ4v) is 13.7. The van der Waals surface area contributed by atoms with Gasteiger partial charge in [0.15, 0.2) is 5.76 Å². The van der Waals surface area contributed by atoms with Crippen molar-refractivity contribution < 1.29 is 23.9 Å². The first-order valence-electron chi connectivity index (χ1n) is 18.5. The van der Waals surface area contributed by atoms with Crippen molar-refractivity contribution >= 4 is 29.1 Å². The van der Waals surface area contributed by atoms with Gasteiger partial charge in [0.1, 0.15) is 16.8 Å². The van der Waals surface area contributed by atoms with Gasteiger partial charge in [-0.15, -0.1) is 6.42 Å². The molecule has 6 aliphatic carbocycles. The molecule has 49 heavy (non-hydrogen) atoms. The number of terminal acetylenes is 1. The molecule has 0 amide bonds. The molecular formula is C42H52ClNO5. The molecule has 6 nitrogen and oxygen atoms in total. The van der Waals surface area contributed by atoms with Crippen molar-refractivity contribution in [2.24, 2.45) is 56.7 Å². The molecule has 0 aromatic carbocycles. The molecule has 0 bridgehead atoms. The fourth-order valence-electron chi connectivity index (χ4n) is 13.4. The van der Waals surface area contributed by atoms with Gasteiger partial charge in [0.2, 0.25) is 11.6 Å². The van der Waals surface area contributed by atoms with Crippen LogP contribution < -0.4 is 0 Å². The lowest BCUT2D eigenvalue weighted by molar-refractivity contribution is -0.250. The predicted octanol–water partition coefficient (Wildman–Crippen LogP) is 9.13. The van der Waals surface area contributed by atoms with E-state index in [1.165, 1.54) is 24.6 Å². The number of hydrogen-bond donors (Lipinski definition) is 0. The first kappa shape index (κ1) is 34.5. The minimum absolute atomic E-state index is 0.0358. The number of aromatic nitrogens is 1. The van der Waals surface area contributed by atoms with Crippen molar-refractivity contribution in [3.8, 4) is 12.3 Å². The average molecular weight is 686 g/mol. The second-order valence-electron chi connectivity index (χ2n) is 17.9. The Morgan fingerprint density at radius 1 is 0.980 bits per heavy atom. The Hall–Kier alpha value is -2.91. The van der Waals surface area contributed by atoms with Crippen LogP contribution in [0, 0.1) is 69.0 Å². The van der Waals surface area contributed by atoms with Crippen molar-refractivity contribution in [1.82, 2.24) is 4.98 Å². The second kappa shape index (κ2) is 11.6. The number of halogens is 1. The highest BCUT2D eigenvalue weighted by Gasteiger charge is 2.71. The Morgan fingerprint density at radius 3 is 2.45 bits per heavy atom. The topological polar surface area (TPSA) is 82.6 Å². The Labute approximate surface area is 297 Å². The summed E-state index contributed by atoms with van der Waals surface area (Å²) in [6.45, 7) is 19.4. The largest absolute Gasteiger partial charge is 0.484 e. The van der Waals surface area contributed by atoms with Crippen LogP contribution in [0.4, 0.5) is 0 Å². The number of rotatable bonds is 5. The number of carbonyl (C=O) groups excluding carboxylic acids is 3. The van der Waals surface area contributed by atoms with Gasteiger partial charge < -0.3 is 9.47 Å². The van der Waals surface area contributed by atoms with E-state index in [2.05, 4.69) is 59.0 Å². The van der Waals surface area contributed by atoms with Gasteiger partial charge in [0.05, 0.1) is 12.2 Å². The van der Waals surface area contributed by atoms with E-state index in [1.54, 1.807) is 12.1 Å². The predicted molar refractivity (Wildman–Crippen MR) is 189 cm³/mol. The van der Waals surface area contributed by atoms with E-state index in [-0.39, 0.29) is 55.2 Å². The molecule has 5 saturated carbocycles. The number of allylic oxidation sites excluding steroid dienone is 3. The molecular weight excluding hydrogens is 634 g/mol. The molecule has 0 saturated heterocycles. The van der Waals surface area contributed by atoms with Crippen LogP contribution in [0.3, 0.4) is 0 Å². The summed E-state index contributed by atoms with van der Waals surface area (Å²) in [4.78, 5) is 43.0. The summed E-state index contributed by atoms with van der Waals surface area (Å²) >= 11 is 6.56. The van der Waals surface area contributed by atoms with E-state index in [9.17, 15) is 14.4 Å². The Kier molecular flexibility index (Phi) is 8.14. The van der Waals surface area contributed by atoms with Gasteiger partial charge in [0, 0.05) is 22.9 Å². The summed E-state index contributed by atoms with van der Waals surface area (Å²) in [5, 5.41) is -0.139. The van der Waals surface area contributed by atoms with E-state index in [4.69, 9.17) is 27.5 Å². The number of ether oxygens (including phenoxy) is 2. The van der Waals surface area contributed by atoms with Crippen LogP contribution >= 0.6 is 11.6 Å². The van der Waals surface area contributed by atoms with Crippen LogP contribution in [-0.2, 0) is 14.3 Å². The highest BCUT2D eigenvalue weighted by Crippen LogP contribution is 2.77. The molecule has 1 aromatic rings. The molecule has 0 radical (unpaired) electrons. The monoisotopic (exact) mass is 685 g/mol. The highest BCUT2D eigenvalue weighted by atomic mass is 35.5. The van der Waals surface area contributed by atoms with E-state index in [0.29, 0.717) is 36.2 Å². The maximum absolute atomic E-state index is 13.5. The molecule has 1 heterocycles. The summed E-state index contributed by atoms with van der Waals surface area (Å²) in [6.07, 6.45) is 17.4. The summed E-state index contributed by atoms with van der Waals surface area (Å²) in [5.74, 6) is 3.09. The van der Waals surface area contributed by atoms with Crippen molar-refractivity contribution in [1.29, 1.82) is 0 Å². The third-order valence-corrected chi connectivity index (χ3v) is 16.3. The maximum atomic E-state index is 13.5. The number of nitrogens with zero attached hydrogens (tertiary/aromatic N) is 1. The van der Waals surface area contributed by atoms with Crippen molar-refractivity contribution in [3.63, 3.8) is 0 Å². The molecule has 7 heteroatoms. The van der Waals surface area contributed by atoms with E-state index >= 15 is 0 Å². The zero-order valence-electron chi connectivity index (χ0n) is 30.1. The van der Waals surface area contributed by atoms with Crippen LogP contribution in [0.25, 0.3) is 0 Å². The molecule has 0 unspecified atom stereocenters. The summed E-state index contributed by atoms with van der Waals surface area (Å²) in [7, 11) is 0. The quantitative estimate of drug-likeness (QED) is 0.133. The summed E-state index contributed by atoms with van der Waals surface area (Å²) in [6, 6.07) is 3.24. The van der Waals surface area contributed by atoms with Crippen LogP contribution in [0.5, 0.6) is 0 Å². The van der Waals surface area contributed by atoms with Crippen LogP contribution in [0.2, 0.25) is 0 Å². The van der Waals surface area contributed by atoms with Gasteiger partial charge in [0.25, 0.3) is 0 Å². The molecule has 6 aliphatic rings. The van der Waals surface area contributed by atoms with E-state index in [1.807, 2.05) is 0 Å². The smallest absolute Gasteiger partial charge is 0.384 e. The zero-order chi connectivity index (χ0) is 35.3. The normalized spacial score (nSPS) is 42.1. The standard InChI is InChI=1S/C42H52ClNO5/c1-9-31(45)48-23-42-19-14-25(24(2)3)32(42)27-12-13-29-39(6)17-16-30(38(4,5)28(39)15-18-41(29,8)40(27,7)20-21-42)49-37-33(43)35(46)26-11-10-22-44-34(26)36(37)47/h1,10-11,22,25,27-30,32H,2,12-21,23H2,3-8H3/t25-,27+,28-,29+,30-,32+,39-,40+,41+,42+/m0/s1. The van der Waals surface area contributed by atoms with Crippen LogP contribution in [0.15, 0.2) is 41.3 Å². The van der Waals surface area contributed by atoms with Crippen molar-refractivity contribution in [2.75, 3.05) is 6.61 Å². The van der Waals surface area contributed by atoms with Gasteiger partial charge in [-0.25, -0.2) is 4.79 Å². The third-order valence-electron chi connectivity index (χ3n) is 15.9. The molecule has 0 spiro atoms. The zero-order valence-corrected chi connectivity index (χ0v) is 30.9. The molecule has 7 rings (SSSR count). The van der Waals surface area contributed by atoms with Gasteiger partial charge in [-0.05, 0) is 129 Å². The minimum Gasteiger partial charge on any atom is -0.484 e. The molecule has 0 aliphatic heterocycles. The number of ketones is 2. The fraction of sp³-hybridized carbons (Fsp3) is 0.667. The summed E-state index contributed by atoms with van der Waals surface area (Å²) < 4.78 is 12.3. The molecule has 262 valence electrons. The Bertz CT molecular complexity index is 1700. The van der Waals surface area contributed by atoms with Gasteiger partial charge in [-0.3, -0.25) is 14.6 Å². The third kappa shape index (κ3) is 4.73. The van der Waals surface area contributed by atoms with Gasteiger partial charge >= 0.3 is 5.97 Å². The Balaban J connectivity index is 1.17. The second-order valence-corrected chi connectivity index (χ2v) is 18.3. The molecule has 10 atom stereocenters. The molecule has 1 aromatic heterocycles. The first-order chi connectivity index (χ1) is 23.1. The first-order valence-corrected chi connectivity index (χ1v) is 18.8. The average Bonchev–Trinajstić information content (AvgIpc) is 3.46. The SMILES string of the molecule is C#CC(=O)OC[C@]12CC[C@@H](C(=C)C)[C@@H]1[C@H]1CC[C@@H]3[C@@]4(C)CC[C@H](OC5=C(Cl)C(=O)c6cccnc6C5=O)C(C)(C)[C@@H]4CC[C@@]3(C)[C@]1(C)CC2. The van der Waals surface area contributed by atoms with Crippen LogP contribution in [-0.4, -0.2) is 35.2 Å². The van der Waals surface area contributed by atoms with Crippen LogP contribution in [0.1, 0.15) is 127 Å². The number of esters is 1. The number of fused-ring (bicyclic) bond motifs is 8. The minimum atomic E-state index is -0.552. The Morgan fingerprint density at radius 2 is 1.73 bits per heavy atom. The number of Topliss-reactive ketones (excluding diaryl/α,β-unsaturated/α-hetero) is 2. The van der Waals surface area contributed by atoms with E-state index < -0.39 is 17.5 Å². The van der Waals surface area contributed by atoms with E-state index in [0.717, 1.165) is 51.4 Å². The lowest BCUT2D eigenvalue weighted by Gasteiger charge is -2.73. The van der Waals surface area contributed by atoms with Gasteiger partial charge in [-0.2, -0.15) is 0 Å². The number of pyridine rings is 1. The number of hydrogen-bond acceptors (Lipinski definition) is 6. The van der Waals surface area contributed by atoms with Gasteiger partial charge in [-0.1, -0.05) is 58.4 Å². The highest BCUT2D eigenvalue weighted by molar-refractivity contribution is 6.49. The summed E-state index contributed by atoms with van der Waals surface area (Å²) in [5.41, 5.74) is 1.73. The lowest BCUT2D eigenvalue weighted by atomic mass is 9.32. The number of carbonyl (C=O) groups is 3. The lowest BCUT2D eigenvalue weighted by Crippen LogP contribution is -2.67. The van der Waals surface area contributed by atoms with Crippen molar-refractivity contribution in [3.05, 3.63) is 52.5 Å². The molecule has 5 fully saturated rings. The van der Waals surface area contributed by atoms with Crippen molar-refractivity contribution in [2.45, 2.75) is 112 Å². The maximum Gasteiger partial charge on any atom is 0.384 e.